The van der Waals surface area contributed by atoms with Gasteiger partial charge in [-0.1, -0.05) is 11.8 Å². The van der Waals surface area contributed by atoms with Crippen molar-refractivity contribution < 1.29 is 17.6 Å². The van der Waals surface area contributed by atoms with E-state index >= 15 is 0 Å². The molecule has 0 unspecified atom stereocenters. The van der Waals surface area contributed by atoms with Gasteiger partial charge in [0.05, 0.1) is 17.8 Å². The summed E-state index contributed by atoms with van der Waals surface area (Å²) in [5.41, 5.74) is 0. The van der Waals surface area contributed by atoms with Gasteiger partial charge in [-0.15, -0.1) is 10.2 Å². The number of nitrogens with zero attached hydrogens (tertiary/aromatic N) is 4. The van der Waals surface area contributed by atoms with Gasteiger partial charge < -0.3 is 9.15 Å². The molecule has 8 nitrogen and oxygen atoms in total. The summed E-state index contributed by atoms with van der Waals surface area (Å²) >= 11 is 1.54. The van der Waals surface area contributed by atoms with Crippen LogP contribution in [0.2, 0.25) is 0 Å². The van der Waals surface area contributed by atoms with Crippen LogP contribution < -0.4 is 4.74 Å². The fraction of sp³-hybridized carbons (Fsp3) is 0.333. The average molecular weight is 423 g/mol. The quantitative estimate of drug-likeness (QED) is 0.387. The molecule has 0 spiro atoms. The van der Waals surface area contributed by atoms with Gasteiger partial charge in [-0.05, 0) is 43.3 Å². The maximum absolute atomic E-state index is 12.1. The Balaban J connectivity index is 1.55. The third kappa shape index (κ3) is 4.40. The summed E-state index contributed by atoms with van der Waals surface area (Å²) in [5.74, 6) is 2.68. The van der Waals surface area contributed by atoms with E-state index in [9.17, 15) is 8.42 Å². The van der Waals surface area contributed by atoms with Crippen molar-refractivity contribution in [1.82, 2.24) is 19.1 Å². The van der Waals surface area contributed by atoms with Gasteiger partial charge >= 0.3 is 0 Å². The van der Waals surface area contributed by atoms with E-state index in [1.807, 2.05) is 23.6 Å². The Morgan fingerprint density at radius 1 is 1.18 bits per heavy atom. The molecular formula is C18H22N4O4S2. The normalized spacial score (nSPS) is 11.9. The van der Waals surface area contributed by atoms with Crippen molar-refractivity contribution in [1.29, 1.82) is 0 Å². The van der Waals surface area contributed by atoms with Crippen LogP contribution in [0.5, 0.6) is 5.75 Å². The number of rotatable bonds is 9. The number of sulfonamides is 1. The van der Waals surface area contributed by atoms with Crippen molar-refractivity contribution in [2.75, 3.05) is 26.5 Å². The number of hydrogen-bond donors (Lipinski definition) is 0. The molecule has 2 heterocycles. The van der Waals surface area contributed by atoms with Crippen LogP contribution in [0.25, 0.3) is 11.6 Å². The minimum Gasteiger partial charge on any atom is -0.493 e. The smallest absolute Gasteiger partial charge is 0.242 e. The van der Waals surface area contributed by atoms with Crippen molar-refractivity contribution in [2.45, 2.75) is 23.5 Å². The van der Waals surface area contributed by atoms with Crippen LogP contribution >= 0.6 is 11.8 Å². The van der Waals surface area contributed by atoms with Crippen LogP contribution in [0.1, 0.15) is 6.92 Å². The van der Waals surface area contributed by atoms with Gasteiger partial charge in [0, 0.05) is 26.4 Å². The maximum Gasteiger partial charge on any atom is 0.242 e. The molecular weight excluding hydrogens is 400 g/mol. The summed E-state index contributed by atoms with van der Waals surface area (Å²) in [7, 11) is -0.424. The summed E-state index contributed by atoms with van der Waals surface area (Å²) < 4.78 is 38.4. The van der Waals surface area contributed by atoms with Crippen molar-refractivity contribution in [3.8, 4) is 17.3 Å². The largest absolute Gasteiger partial charge is 0.493 e. The van der Waals surface area contributed by atoms with Crippen LogP contribution in [0.15, 0.2) is 57.1 Å². The van der Waals surface area contributed by atoms with Gasteiger partial charge in [0.25, 0.3) is 0 Å². The van der Waals surface area contributed by atoms with Gasteiger partial charge in [-0.25, -0.2) is 12.7 Å². The Morgan fingerprint density at radius 3 is 2.54 bits per heavy atom. The molecule has 0 saturated heterocycles. The van der Waals surface area contributed by atoms with E-state index in [0.29, 0.717) is 29.7 Å². The van der Waals surface area contributed by atoms with Gasteiger partial charge in [0.15, 0.2) is 16.7 Å². The van der Waals surface area contributed by atoms with Crippen molar-refractivity contribution >= 4 is 21.8 Å². The standard InChI is InChI=1S/C18H22N4O4S2/c1-4-22-17(16-6-5-11-26-16)19-20-18(22)27-13-12-25-14-7-9-15(10-8-14)28(23,24)21(2)3/h5-11H,4,12-13H2,1-3H3. The first-order valence-corrected chi connectivity index (χ1v) is 11.1. The molecule has 0 aliphatic heterocycles. The molecule has 0 fully saturated rings. The van der Waals surface area contributed by atoms with E-state index in [0.717, 1.165) is 11.7 Å². The summed E-state index contributed by atoms with van der Waals surface area (Å²) in [6.45, 7) is 3.21. The summed E-state index contributed by atoms with van der Waals surface area (Å²) in [6, 6.07) is 10.1. The van der Waals surface area contributed by atoms with E-state index in [1.165, 1.54) is 18.4 Å². The molecule has 28 heavy (non-hydrogen) atoms. The summed E-state index contributed by atoms with van der Waals surface area (Å²) in [4.78, 5) is 0.237. The minimum absolute atomic E-state index is 0.237. The highest BCUT2D eigenvalue weighted by Gasteiger charge is 2.17. The molecule has 150 valence electrons. The van der Waals surface area contributed by atoms with Crippen molar-refractivity contribution in [3.63, 3.8) is 0 Å². The molecule has 0 radical (unpaired) electrons. The van der Waals surface area contributed by atoms with E-state index < -0.39 is 10.0 Å². The molecule has 0 saturated carbocycles. The molecule has 1 aromatic carbocycles. The number of furan rings is 1. The first-order valence-electron chi connectivity index (χ1n) is 8.68. The lowest BCUT2D eigenvalue weighted by molar-refractivity contribution is 0.343. The van der Waals surface area contributed by atoms with E-state index in [2.05, 4.69) is 10.2 Å². The fourth-order valence-corrected chi connectivity index (χ4v) is 4.20. The lowest BCUT2D eigenvalue weighted by Gasteiger charge is -2.12. The van der Waals surface area contributed by atoms with Crippen LogP contribution in [0.3, 0.4) is 0 Å². The molecule has 0 bridgehead atoms. The van der Waals surface area contributed by atoms with Crippen molar-refractivity contribution in [2.24, 2.45) is 0 Å². The van der Waals surface area contributed by atoms with Crippen LogP contribution in [-0.2, 0) is 16.6 Å². The molecule has 3 rings (SSSR count). The van der Waals surface area contributed by atoms with E-state index in [4.69, 9.17) is 9.15 Å². The summed E-state index contributed by atoms with van der Waals surface area (Å²) in [6.07, 6.45) is 1.61. The Kier molecular flexibility index (Phi) is 6.42. The number of hydrogen-bond acceptors (Lipinski definition) is 7. The zero-order valence-electron chi connectivity index (χ0n) is 15.9. The van der Waals surface area contributed by atoms with Gasteiger partial charge in [-0.2, -0.15) is 0 Å². The third-order valence-corrected chi connectivity index (χ3v) is 6.72. The molecule has 0 N–H and O–H groups in total. The number of thioether (sulfide) groups is 1. The second-order valence-corrected chi connectivity index (χ2v) is 9.20. The Bertz CT molecular complexity index is 997. The summed E-state index contributed by atoms with van der Waals surface area (Å²) in [5, 5.41) is 9.24. The number of benzene rings is 1. The first-order chi connectivity index (χ1) is 13.4. The number of aromatic nitrogens is 3. The highest BCUT2D eigenvalue weighted by atomic mass is 32.2. The van der Waals surface area contributed by atoms with Crippen LogP contribution in [0, 0.1) is 0 Å². The zero-order valence-corrected chi connectivity index (χ0v) is 17.5. The number of ether oxygens (including phenoxy) is 1. The van der Waals surface area contributed by atoms with Crippen LogP contribution in [0.4, 0.5) is 0 Å². The van der Waals surface area contributed by atoms with E-state index in [1.54, 1.807) is 42.3 Å². The topological polar surface area (TPSA) is 90.5 Å². The second-order valence-electron chi connectivity index (χ2n) is 5.98. The molecule has 2 aromatic heterocycles. The SMILES string of the molecule is CCn1c(SCCOc2ccc(S(=O)(=O)N(C)C)cc2)nnc1-c1ccco1. The monoisotopic (exact) mass is 422 g/mol. The first kappa shape index (κ1) is 20.4. The molecule has 0 amide bonds. The molecule has 0 aliphatic carbocycles. The predicted molar refractivity (Wildman–Crippen MR) is 107 cm³/mol. The third-order valence-electron chi connectivity index (χ3n) is 3.96. The van der Waals surface area contributed by atoms with Gasteiger partial charge in [-0.3, -0.25) is 4.57 Å². The maximum atomic E-state index is 12.1. The Labute approximate surface area is 168 Å². The lowest BCUT2D eigenvalue weighted by Crippen LogP contribution is -2.22. The predicted octanol–water partition coefficient (Wildman–Crippen LogP) is 2.98. The fourth-order valence-electron chi connectivity index (χ4n) is 2.48. The molecule has 3 aromatic rings. The zero-order chi connectivity index (χ0) is 20.1. The molecule has 10 heteroatoms. The minimum atomic E-state index is -3.43. The van der Waals surface area contributed by atoms with Crippen molar-refractivity contribution in [3.05, 3.63) is 42.7 Å². The second kappa shape index (κ2) is 8.80. The van der Waals surface area contributed by atoms with Crippen LogP contribution in [-0.4, -0.2) is 53.9 Å². The highest BCUT2D eigenvalue weighted by molar-refractivity contribution is 7.99. The lowest BCUT2D eigenvalue weighted by atomic mass is 10.3. The van der Waals surface area contributed by atoms with Gasteiger partial charge in [0.2, 0.25) is 10.0 Å². The molecule has 0 aliphatic rings. The highest BCUT2D eigenvalue weighted by Crippen LogP contribution is 2.24. The average Bonchev–Trinajstić information content (AvgIpc) is 3.34. The Hall–Kier alpha value is -2.30. The Morgan fingerprint density at radius 2 is 1.93 bits per heavy atom. The molecule has 0 atom stereocenters. The van der Waals surface area contributed by atoms with Gasteiger partial charge in [0.1, 0.15) is 5.75 Å². The van der Waals surface area contributed by atoms with E-state index in [-0.39, 0.29) is 4.90 Å².